The van der Waals surface area contributed by atoms with Crippen LogP contribution in [0.3, 0.4) is 0 Å². The van der Waals surface area contributed by atoms with Gasteiger partial charge in [-0.2, -0.15) is 0 Å². The lowest BCUT2D eigenvalue weighted by molar-refractivity contribution is -0.127. The summed E-state index contributed by atoms with van der Waals surface area (Å²) in [6, 6.07) is 18.2. The maximum Gasteiger partial charge on any atom is 0.271 e. The smallest absolute Gasteiger partial charge is 0.271 e. The van der Waals surface area contributed by atoms with Crippen LogP contribution in [-0.4, -0.2) is 42.2 Å². The molecule has 1 aliphatic heterocycles. The first-order valence-corrected chi connectivity index (χ1v) is 17.2. The third-order valence-electron chi connectivity index (χ3n) is 8.18. The Bertz CT molecular complexity index is 2040. The van der Waals surface area contributed by atoms with Gasteiger partial charge in [-0.1, -0.05) is 65.4 Å². The fraction of sp³-hybridized carbons (Fsp3) is 0.289. The number of para-hydroxylation sites is 1. The number of hydrogen-bond donors (Lipinski definition) is 0. The van der Waals surface area contributed by atoms with E-state index < -0.39 is 6.04 Å². The van der Waals surface area contributed by atoms with E-state index in [4.69, 9.17) is 30.8 Å². The molecule has 1 atom stereocenters. The van der Waals surface area contributed by atoms with Crippen LogP contribution >= 0.6 is 22.9 Å². The molecule has 0 radical (unpaired) electrons. The highest BCUT2D eigenvalue weighted by Gasteiger charge is 2.35. The second-order valence-corrected chi connectivity index (χ2v) is 12.5. The fourth-order valence-corrected chi connectivity index (χ4v) is 7.12. The van der Waals surface area contributed by atoms with Gasteiger partial charge < -0.3 is 19.1 Å². The molecular formula is C38H40ClN3O5S. The first kappa shape index (κ1) is 34.7. The summed E-state index contributed by atoms with van der Waals surface area (Å²) >= 11 is 7.68. The summed E-state index contributed by atoms with van der Waals surface area (Å²) in [6.45, 7) is 13.3. The summed E-state index contributed by atoms with van der Waals surface area (Å²) in [4.78, 5) is 35.4. The van der Waals surface area contributed by atoms with Gasteiger partial charge in [0.15, 0.2) is 16.3 Å². The molecular weight excluding hydrogens is 646 g/mol. The van der Waals surface area contributed by atoms with Crippen LogP contribution < -0.4 is 29.1 Å². The van der Waals surface area contributed by atoms with E-state index in [-0.39, 0.29) is 18.1 Å². The molecule has 1 aromatic heterocycles. The molecule has 5 rings (SSSR count). The lowest BCUT2D eigenvalue weighted by Crippen LogP contribution is -2.43. The van der Waals surface area contributed by atoms with Crippen LogP contribution in [0.25, 0.3) is 6.08 Å². The number of fused-ring (bicyclic) bond motifs is 1. The molecule has 250 valence electrons. The van der Waals surface area contributed by atoms with Crippen molar-refractivity contribution in [3.8, 4) is 17.2 Å². The molecule has 0 fully saturated rings. The van der Waals surface area contributed by atoms with Gasteiger partial charge in [-0.3, -0.25) is 14.2 Å². The highest BCUT2D eigenvalue weighted by molar-refractivity contribution is 7.07. The van der Waals surface area contributed by atoms with E-state index in [2.05, 4.69) is 6.58 Å². The summed E-state index contributed by atoms with van der Waals surface area (Å²) in [5, 5.41) is 0.622. The third-order valence-corrected chi connectivity index (χ3v) is 9.53. The molecule has 0 saturated carbocycles. The minimum Gasteiger partial charge on any atom is -0.496 e. The third kappa shape index (κ3) is 6.98. The summed E-state index contributed by atoms with van der Waals surface area (Å²) < 4.78 is 20.2. The first-order valence-electron chi connectivity index (χ1n) is 16.0. The van der Waals surface area contributed by atoms with Gasteiger partial charge in [0, 0.05) is 34.8 Å². The Hall–Kier alpha value is -4.60. The van der Waals surface area contributed by atoms with Crippen LogP contribution in [0.1, 0.15) is 56.0 Å². The van der Waals surface area contributed by atoms with Gasteiger partial charge in [0.1, 0.15) is 18.4 Å². The van der Waals surface area contributed by atoms with Gasteiger partial charge >= 0.3 is 0 Å². The van der Waals surface area contributed by atoms with Gasteiger partial charge in [-0.25, -0.2) is 4.99 Å². The molecule has 0 bridgehead atoms. The van der Waals surface area contributed by atoms with Crippen molar-refractivity contribution >= 4 is 34.9 Å². The number of likely N-dealkylation sites (N-methyl/N-ethyl adjacent to an activating group) is 1. The number of benzene rings is 3. The number of allylic oxidation sites excluding steroid dienone is 2. The maximum atomic E-state index is 14.4. The van der Waals surface area contributed by atoms with Gasteiger partial charge in [-0.05, 0) is 70.0 Å². The highest BCUT2D eigenvalue weighted by atomic mass is 35.5. The normalized spacial score (nSPS) is 14.3. The van der Waals surface area contributed by atoms with E-state index in [0.717, 1.165) is 16.7 Å². The van der Waals surface area contributed by atoms with Crippen molar-refractivity contribution in [3.63, 3.8) is 0 Å². The summed E-state index contributed by atoms with van der Waals surface area (Å²) in [7, 11) is 1.59. The van der Waals surface area contributed by atoms with E-state index in [1.165, 1.54) is 11.3 Å². The number of nitrogens with zero attached hydrogens (tertiary/aromatic N) is 3. The quantitative estimate of drug-likeness (QED) is 0.151. The summed E-state index contributed by atoms with van der Waals surface area (Å²) in [5.74, 6) is 1.58. The van der Waals surface area contributed by atoms with Gasteiger partial charge in [-0.15, -0.1) is 6.58 Å². The Balaban J connectivity index is 1.66. The second kappa shape index (κ2) is 15.5. The van der Waals surface area contributed by atoms with E-state index in [1.807, 2.05) is 94.4 Å². The molecule has 4 aromatic rings. The summed E-state index contributed by atoms with van der Waals surface area (Å²) in [6.07, 6.45) is 4.15. The predicted molar refractivity (Wildman–Crippen MR) is 192 cm³/mol. The van der Waals surface area contributed by atoms with Crippen LogP contribution in [0.15, 0.2) is 94.4 Å². The van der Waals surface area contributed by atoms with Crippen molar-refractivity contribution in [3.05, 3.63) is 132 Å². The van der Waals surface area contributed by atoms with Crippen LogP contribution in [0, 0.1) is 0 Å². The number of methoxy groups -OCH3 is 1. The molecule has 1 aliphatic rings. The average molecular weight is 686 g/mol. The molecule has 1 amide bonds. The van der Waals surface area contributed by atoms with Crippen molar-refractivity contribution < 1.29 is 19.0 Å². The molecule has 0 N–H and O–H groups in total. The molecule has 10 heteroatoms. The van der Waals surface area contributed by atoms with Crippen molar-refractivity contribution in [2.24, 2.45) is 4.99 Å². The maximum absolute atomic E-state index is 14.4. The van der Waals surface area contributed by atoms with Crippen molar-refractivity contribution in [2.75, 3.05) is 26.8 Å². The monoisotopic (exact) mass is 685 g/mol. The second-order valence-electron chi connectivity index (χ2n) is 11.1. The minimum atomic E-state index is -0.719. The average Bonchev–Trinajstić information content (AvgIpc) is 3.38. The molecule has 0 aliphatic carbocycles. The Kier molecular flexibility index (Phi) is 11.2. The molecule has 8 nitrogen and oxygen atoms in total. The van der Waals surface area contributed by atoms with Crippen molar-refractivity contribution in [1.82, 2.24) is 9.47 Å². The van der Waals surface area contributed by atoms with Crippen molar-refractivity contribution in [2.45, 2.75) is 46.8 Å². The zero-order chi connectivity index (χ0) is 34.4. The van der Waals surface area contributed by atoms with Gasteiger partial charge in [0.05, 0.1) is 29.5 Å². The van der Waals surface area contributed by atoms with Gasteiger partial charge in [0.25, 0.3) is 11.5 Å². The molecule has 0 unspecified atom stereocenters. The van der Waals surface area contributed by atoms with Crippen LogP contribution in [0.2, 0.25) is 5.02 Å². The van der Waals surface area contributed by atoms with E-state index in [1.54, 1.807) is 22.7 Å². The molecule has 0 saturated heterocycles. The van der Waals surface area contributed by atoms with Crippen LogP contribution in [0.5, 0.6) is 17.2 Å². The predicted octanol–water partition coefficient (Wildman–Crippen LogP) is 6.47. The number of ether oxygens (including phenoxy) is 3. The summed E-state index contributed by atoms with van der Waals surface area (Å²) in [5.41, 5.74) is 3.96. The number of carbonyl (C=O) groups is 1. The number of rotatable bonds is 13. The molecule has 3 aromatic carbocycles. The zero-order valence-electron chi connectivity index (χ0n) is 27.9. The SMILES string of the molecule is C=CCc1cc(/C=c2\sc3n(c2=O)[C@@H](c2ccccc2OC)C(C(=O)N(CC)CC)=C(C)N=3)cc(OCC)c1OCc1ccccc1Cl. The lowest BCUT2D eigenvalue weighted by atomic mass is 9.94. The minimum absolute atomic E-state index is 0.158. The zero-order valence-corrected chi connectivity index (χ0v) is 29.5. The number of halogens is 1. The van der Waals surface area contributed by atoms with E-state index in [0.29, 0.717) is 74.6 Å². The number of hydrogen-bond acceptors (Lipinski definition) is 7. The number of amides is 1. The van der Waals surface area contributed by atoms with E-state index >= 15 is 0 Å². The van der Waals surface area contributed by atoms with Crippen molar-refractivity contribution in [1.29, 1.82) is 0 Å². The first-order chi connectivity index (χ1) is 23.3. The number of carbonyl (C=O) groups excluding carboxylic acids is 1. The topological polar surface area (TPSA) is 82.4 Å². The standard InChI is InChI=1S/C38H40ClN3O5S/c1-7-15-26-20-25(21-31(46-10-4)35(26)47-23-27-16-11-13-18-29(27)39)22-32-36(43)42-34(28-17-12-14-19-30(28)45-6)33(24(5)40-38(42)48-32)37(44)41(8-2)9-3/h7,11-14,16-22,34H,1,8-10,15,23H2,2-6H3/b32-22-/t34-/m0/s1. The van der Waals surface area contributed by atoms with Gasteiger partial charge in [0.2, 0.25) is 0 Å². The van der Waals surface area contributed by atoms with Crippen LogP contribution in [-0.2, 0) is 17.8 Å². The Morgan fingerprint density at radius 1 is 1.04 bits per heavy atom. The Morgan fingerprint density at radius 3 is 2.46 bits per heavy atom. The number of aromatic nitrogens is 1. The molecule has 2 heterocycles. The largest absolute Gasteiger partial charge is 0.496 e. The van der Waals surface area contributed by atoms with Crippen LogP contribution in [0.4, 0.5) is 0 Å². The Labute approximate surface area is 289 Å². The van der Waals surface area contributed by atoms with E-state index in [9.17, 15) is 9.59 Å². The fourth-order valence-electron chi connectivity index (χ4n) is 5.88. The highest BCUT2D eigenvalue weighted by Crippen LogP contribution is 2.37. The Morgan fingerprint density at radius 2 is 1.77 bits per heavy atom. The lowest BCUT2D eigenvalue weighted by Gasteiger charge is -2.29. The molecule has 48 heavy (non-hydrogen) atoms. The molecule has 0 spiro atoms. The number of thiazole rings is 1.